The predicted molar refractivity (Wildman–Crippen MR) is 61.3 cm³/mol. The summed E-state index contributed by atoms with van der Waals surface area (Å²) in [4.78, 5) is 11.5. The molecule has 111 valence electrons. The summed E-state index contributed by atoms with van der Waals surface area (Å²) in [6.45, 7) is 3.95. The molecular formula is C10H17F3NO4Si. The Balaban J connectivity index is 5.54. The molecule has 3 atom stereocenters. The molecule has 0 aromatic rings. The molecule has 0 amide bonds. The van der Waals surface area contributed by atoms with Gasteiger partial charge in [0.05, 0.1) is 10.2 Å². The van der Waals surface area contributed by atoms with Gasteiger partial charge in [0.1, 0.15) is 5.72 Å². The van der Waals surface area contributed by atoms with Crippen LogP contribution in [-0.4, -0.2) is 53.2 Å². The van der Waals surface area contributed by atoms with Gasteiger partial charge in [-0.05, 0) is 20.8 Å². The molecule has 0 aliphatic carbocycles. The van der Waals surface area contributed by atoms with E-state index in [1.807, 2.05) is 0 Å². The van der Waals surface area contributed by atoms with Crippen LogP contribution < -0.4 is 5.73 Å². The fourth-order valence-electron chi connectivity index (χ4n) is 1.29. The lowest BCUT2D eigenvalue weighted by molar-refractivity contribution is -0.243. The van der Waals surface area contributed by atoms with Gasteiger partial charge in [0.15, 0.2) is 11.5 Å². The van der Waals surface area contributed by atoms with Gasteiger partial charge in [0.2, 0.25) is 0 Å². The second-order valence-electron chi connectivity index (χ2n) is 3.97. The number of hydrogen-bond donors (Lipinski definition) is 1. The van der Waals surface area contributed by atoms with Crippen molar-refractivity contribution in [3.05, 3.63) is 0 Å². The lowest BCUT2D eigenvalue weighted by Crippen LogP contribution is -2.69. The molecule has 0 bridgehead atoms. The maximum absolute atomic E-state index is 12.7. The molecule has 19 heavy (non-hydrogen) atoms. The first-order valence-corrected chi connectivity index (χ1v) is 5.92. The third-order valence-corrected chi connectivity index (χ3v) is 3.24. The molecule has 0 heterocycles. The summed E-state index contributed by atoms with van der Waals surface area (Å²) >= 11 is 0. The lowest BCUT2D eigenvalue weighted by atomic mass is 10.0. The minimum Gasteiger partial charge on any atom is -0.358 e. The number of ketones is 1. The van der Waals surface area contributed by atoms with Crippen molar-refractivity contribution < 1.29 is 32.2 Å². The van der Waals surface area contributed by atoms with E-state index in [1.165, 1.54) is 21.0 Å². The quantitative estimate of drug-likeness (QED) is 0.554. The zero-order valence-corrected chi connectivity index (χ0v) is 12.1. The van der Waals surface area contributed by atoms with Crippen molar-refractivity contribution in [2.45, 2.75) is 44.2 Å². The fourth-order valence-corrected chi connectivity index (χ4v) is 1.67. The number of halogens is 3. The normalized spacial score (nSPS) is 20.5. The van der Waals surface area contributed by atoms with Crippen molar-refractivity contribution in [3.63, 3.8) is 0 Å². The highest BCUT2D eigenvalue weighted by Crippen LogP contribution is 2.32. The van der Waals surface area contributed by atoms with Crippen molar-refractivity contribution in [1.82, 2.24) is 0 Å². The van der Waals surface area contributed by atoms with E-state index in [9.17, 15) is 18.0 Å². The summed E-state index contributed by atoms with van der Waals surface area (Å²) in [5, 5.41) is -2.61. The Kier molecular flexibility index (Phi) is 6.15. The van der Waals surface area contributed by atoms with E-state index in [0.717, 1.165) is 6.92 Å². The largest absolute Gasteiger partial charge is 0.452 e. The second kappa shape index (κ2) is 6.31. The number of methoxy groups -OCH3 is 1. The molecule has 0 spiro atoms. The standard InChI is InChI=1S/C10H17F3NO4Si/c1-5-17-8(3,14)9(19,18-6(2)16-4)7(15)10(11,12)13/h6H,5,14H2,1-4H3. The molecule has 0 rings (SSSR count). The molecule has 3 radical (unpaired) electrons. The summed E-state index contributed by atoms with van der Waals surface area (Å²) in [6, 6.07) is 0. The van der Waals surface area contributed by atoms with Crippen LogP contribution in [0.5, 0.6) is 0 Å². The van der Waals surface area contributed by atoms with Crippen molar-refractivity contribution in [1.29, 1.82) is 0 Å². The number of carbonyl (C=O) groups is 1. The number of alkyl halides is 3. The van der Waals surface area contributed by atoms with Crippen LogP contribution in [0.2, 0.25) is 0 Å². The number of rotatable bonds is 7. The van der Waals surface area contributed by atoms with Crippen molar-refractivity contribution in [2.24, 2.45) is 5.73 Å². The molecular weight excluding hydrogens is 283 g/mol. The van der Waals surface area contributed by atoms with Crippen LogP contribution in [0.4, 0.5) is 13.2 Å². The van der Waals surface area contributed by atoms with Crippen LogP contribution in [-0.2, 0) is 19.0 Å². The summed E-state index contributed by atoms with van der Waals surface area (Å²) in [6.07, 6.45) is -6.25. The van der Waals surface area contributed by atoms with Crippen molar-refractivity contribution in [2.75, 3.05) is 13.7 Å². The Bertz CT molecular complexity index is 324. The van der Waals surface area contributed by atoms with Gasteiger partial charge in [-0.3, -0.25) is 4.79 Å². The SMILES string of the molecule is CCOC(C)(N)C([Si])(OC(C)OC)C(=O)C(F)(F)F. The van der Waals surface area contributed by atoms with Gasteiger partial charge in [-0.1, -0.05) is 0 Å². The maximum Gasteiger partial charge on any atom is 0.452 e. The summed E-state index contributed by atoms with van der Waals surface area (Å²) in [5.74, 6) is -2.21. The molecule has 0 aliphatic rings. The Labute approximate surface area is 113 Å². The molecule has 0 saturated heterocycles. The minimum atomic E-state index is -5.15. The zero-order chi connectivity index (χ0) is 15.5. The highest BCUT2D eigenvalue weighted by molar-refractivity contribution is 6.30. The van der Waals surface area contributed by atoms with Crippen molar-refractivity contribution in [3.8, 4) is 0 Å². The average Bonchev–Trinajstić information content (AvgIpc) is 2.26. The van der Waals surface area contributed by atoms with Crippen LogP contribution in [0.1, 0.15) is 20.8 Å². The second-order valence-corrected chi connectivity index (χ2v) is 4.67. The van der Waals surface area contributed by atoms with E-state index in [4.69, 9.17) is 19.9 Å². The fraction of sp³-hybridized carbons (Fsp3) is 0.900. The Hall–Kier alpha value is -0.483. The molecule has 0 aromatic heterocycles. The highest BCUT2D eigenvalue weighted by Gasteiger charge is 2.60. The van der Waals surface area contributed by atoms with Crippen LogP contribution in [0.15, 0.2) is 0 Å². The Morgan fingerprint density at radius 2 is 1.89 bits per heavy atom. The lowest BCUT2D eigenvalue weighted by Gasteiger charge is -2.43. The molecule has 9 heteroatoms. The van der Waals surface area contributed by atoms with Gasteiger partial charge in [-0.25, -0.2) is 0 Å². The third-order valence-electron chi connectivity index (χ3n) is 2.40. The molecule has 0 aliphatic heterocycles. The van der Waals surface area contributed by atoms with Crippen LogP contribution >= 0.6 is 0 Å². The van der Waals surface area contributed by atoms with Gasteiger partial charge in [-0.15, -0.1) is 0 Å². The Morgan fingerprint density at radius 1 is 1.42 bits per heavy atom. The number of hydrogen-bond acceptors (Lipinski definition) is 5. The number of carbonyl (C=O) groups excluding carboxylic acids is 1. The summed E-state index contributed by atoms with van der Waals surface area (Å²) in [7, 11) is 3.90. The van der Waals surface area contributed by atoms with E-state index in [0.29, 0.717) is 0 Å². The van der Waals surface area contributed by atoms with E-state index < -0.39 is 29.2 Å². The van der Waals surface area contributed by atoms with Crippen LogP contribution in [0.3, 0.4) is 0 Å². The maximum atomic E-state index is 12.7. The molecule has 5 nitrogen and oxygen atoms in total. The molecule has 3 unspecified atom stereocenters. The van der Waals surface area contributed by atoms with E-state index in [2.05, 4.69) is 10.2 Å². The number of ether oxygens (including phenoxy) is 3. The van der Waals surface area contributed by atoms with E-state index >= 15 is 0 Å². The first-order valence-electron chi connectivity index (χ1n) is 5.42. The molecule has 2 N–H and O–H groups in total. The van der Waals surface area contributed by atoms with Gasteiger partial charge >= 0.3 is 6.18 Å². The predicted octanol–water partition coefficient (Wildman–Crippen LogP) is 0.703. The van der Waals surface area contributed by atoms with Crippen molar-refractivity contribution >= 4 is 16.0 Å². The third kappa shape index (κ3) is 4.25. The van der Waals surface area contributed by atoms with Crippen LogP contribution in [0.25, 0.3) is 0 Å². The Morgan fingerprint density at radius 3 is 2.21 bits per heavy atom. The van der Waals surface area contributed by atoms with Gasteiger partial charge in [-0.2, -0.15) is 13.2 Å². The summed E-state index contributed by atoms with van der Waals surface area (Å²) in [5.41, 5.74) is 3.59. The number of Topliss-reactive ketones (excluding diaryl/α,β-unsaturated/α-hetero) is 1. The van der Waals surface area contributed by atoms with E-state index in [1.54, 1.807) is 0 Å². The first-order chi connectivity index (χ1) is 8.42. The van der Waals surface area contributed by atoms with E-state index in [-0.39, 0.29) is 6.61 Å². The molecule has 0 fully saturated rings. The van der Waals surface area contributed by atoms with Crippen LogP contribution in [0, 0.1) is 0 Å². The smallest absolute Gasteiger partial charge is 0.358 e. The molecule has 0 saturated carbocycles. The summed E-state index contributed by atoms with van der Waals surface area (Å²) < 4.78 is 52.6. The monoisotopic (exact) mass is 300 g/mol. The highest BCUT2D eigenvalue weighted by atomic mass is 28.1. The zero-order valence-electron chi connectivity index (χ0n) is 11.1. The van der Waals surface area contributed by atoms with Gasteiger partial charge in [0, 0.05) is 13.7 Å². The van der Waals surface area contributed by atoms with Gasteiger partial charge < -0.3 is 19.9 Å². The average molecular weight is 300 g/mol. The first kappa shape index (κ1) is 18.5. The molecule has 0 aromatic carbocycles. The topological polar surface area (TPSA) is 70.8 Å². The minimum absolute atomic E-state index is 0.00487. The number of nitrogens with two attached hydrogens (primary N) is 1. The van der Waals surface area contributed by atoms with Gasteiger partial charge in [0.25, 0.3) is 5.78 Å².